The van der Waals surface area contributed by atoms with Crippen molar-refractivity contribution in [1.29, 1.82) is 0 Å². The van der Waals surface area contributed by atoms with E-state index >= 15 is 0 Å². The molecule has 0 atom stereocenters. The number of carbonyl (C=O) groups is 1. The third-order valence-corrected chi connectivity index (χ3v) is 3.71. The highest BCUT2D eigenvalue weighted by molar-refractivity contribution is 5.91. The SMILES string of the molecule is Cc1cc(N)ccc1C(=O)OC1CCC(C)CC1. The molecule has 0 amide bonds. The monoisotopic (exact) mass is 247 g/mol. The fraction of sp³-hybridized carbons (Fsp3) is 0.533. The van der Waals surface area contributed by atoms with Gasteiger partial charge in [0.1, 0.15) is 6.10 Å². The lowest BCUT2D eigenvalue weighted by molar-refractivity contribution is 0.0173. The summed E-state index contributed by atoms with van der Waals surface area (Å²) in [4.78, 5) is 12.1. The van der Waals surface area contributed by atoms with E-state index in [1.165, 1.54) is 0 Å². The highest BCUT2D eigenvalue weighted by atomic mass is 16.5. The maximum Gasteiger partial charge on any atom is 0.338 e. The summed E-state index contributed by atoms with van der Waals surface area (Å²) in [5.41, 5.74) is 7.86. The first-order valence-corrected chi connectivity index (χ1v) is 6.63. The third kappa shape index (κ3) is 3.03. The minimum Gasteiger partial charge on any atom is -0.459 e. The van der Waals surface area contributed by atoms with Crippen molar-refractivity contribution in [2.24, 2.45) is 5.92 Å². The maximum atomic E-state index is 12.1. The molecule has 0 radical (unpaired) electrons. The van der Waals surface area contributed by atoms with E-state index in [-0.39, 0.29) is 12.1 Å². The zero-order valence-corrected chi connectivity index (χ0v) is 11.1. The molecule has 3 heteroatoms. The fourth-order valence-electron chi connectivity index (χ4n) is 2.48. The molecule has 2 rings (SSSR count). The van der Waals surface area contributed by atoms with Crippen LogP contribution < -0.4 is 5.73 Å². The number of anilines is 1. The van der Waals surface area contributed by atoms with Gasteiger partial charge in [-0.05, 0) is 62.3 Å². The molecule has 0 unspecified atom stereocenters. The number of hydrogen-bond donors (Lipinski definition) is 1. The van der Waals surface area contributed by atoms with Crippen molar-refractivity contribution < 1.29 is 9.53 Å². The van der Waals surface area contributed by atoms with E-state index in [2.05, 4.69) is 6.92 Å². The summed E-state index contributed by atoms with van der Waals surface area (Å²) in [7, 11) is 0. The smallest absolute Gasteiger partial charge is 0.338 e. The van der Waals surface area contributed by atoms with Gasteiger partial charge in [-0.2, -0.15) is 0 Å². The Balaban J connectivity index is 1.99. The van der Waals surface area contributed by atoms with Gasteiger partial charge in [0.15, 0.2) is 0 Å². The van der Waals surface area contributed by atoms with Crippen LogP contribution in [0.1, 0.15) is 48.5 Å². The lowest BCUT2D eigenvalue weighted by Gasteiger charge is -2.26. The van der Waals surface area contributed by atoms with Gasteiger partial charge in [-0.1, -0.05) is 6.92 Å². The van der Waals surface area contributed by atoms with Crippen LogP contribution in [0, 0.1) is 12.8 Å². The zero-order valence-electron chi connectivity index (χ0n) is 11.1. The minimum atomic E-state index is -0.216. The molecule has 0 aliphatic heterocycles. The second-order valence-electron chi connectivity index (χ2n) is 5.36. The van der Waals surface area contributed by atoms with Gasteiger partial charge < -0.3 is 10.5 Å². The number of esters is 1. The first-order valence-electron chi connectivity index (χ1n) is 6.63. The highest BCUT2D eigenvalue weighted by Gasteiger charge is 2.22. The van der Waals surface area contributed by atoms with E-state index in [0.29, 0.717) is 11.3 Å². The summed E-state index contributed by atoms with van der Waals surface area (Å²) < 4.78 is 5.57. The molecule has 1 aromatic carbocycles. The van der Waals surface area contributed by atoms with Gasteiger partial charge in [0.2, 0.25) is 0 Å². The van der Waals surface area contributed by atoms with E-state index in [0.717, 1.165) is 37.2 Å². The number of ether oxygens (including phenoxy) is 1. The third-order valence-electron chi connectivity index (χ3n) is 3.71. The molecule has 1 aliphatic rings. The van der Waals surface area contributed by atoms with Crippen LogP contribution in [0.15, 0.2) is 18.2 Å². The minimum absolute atomic E-state index is 0.0886. The summed E-state index contributed by atoms with van der Waals surface area (Å²) in [6.07, 6.45) is 4.37. The van der Waals surface area contributed by atoms with Crippen molar-refractivity contribution >= 4 is 11.7 Å². The number of nitrogen functional groups attached to an aromatic ring is 1. The molecule has 1 aromatic rings. The van der Waals surface area contributed by atoms with Crippen LogP contribution in [0.25, 0.3) is 0 Å². The average molecular weight is 247 g/mol. The zero-order chi connectivity index (χ0) is 13.1. The van der Waals surface area contributed by atoms with Gasteiger partial charge >= 0.3 is 5.97 Å². The topological polar surface area (TPSA) is 52.3 Å². The van der Waals surface area contributed by atoms with E-state index in [4.69, 9.17) is 10.5 Å². The standard InChI is InChI=1S/C15H21NO2/c1-10-3-6-13(7-4-10)18-15(17)14-8-5-12(16)9-11(14)2/h5,8-10,13H,3-4,6-7,16H2,1-2H3. The second-order valence-corrected chi connectivity index (χ2v) is 5.36. The van der Waals surface area contributed by atoms with Crippen molar-refractivity contribution in [3.8, 4) is 0 Å². The largest absolute Gasteiger partial charge is 0.459 e. The molecule has 1 aliphatic carbocycles. The number of rotatable bonds is 2. The molecule has 0 heterocycles. The van der Waals surface area contributed by atoms with E-state index < -0.39 is 0 Å². The van der Waals surface area contributed by atoms with Crippen molar-refractivity contribution in [2.75, 3.05) is 5.73 Å². The summed E-state index contributed by atoms with van der Waals surface area (Å²) in [5, 5.41) is 0. The Morgan fingerprint density at radius 1 is 1.28 bits per heavy atom. The first-order chi connectivity index (χ1) is 8.56. The number of hydrogen-bond acceptors (Lipinski definition) is 3. The van der Waals surface area contributed by atoms with Crippen LogP contribution in [-0.2, 0) is 4.74 Å². The molecule has 0 bridgehead atoms. The van der Waals surface area contributed by atoms with Gasteiger partial charge in [0, 0.05) is 5.69 Å². The van der Waals surface area contributed by atoms with Crippen LogP contribution in [0.2, 0.25) is 0 Å². The summed E-state index contributed by atoms with van der Waals surface area (Å²) in [5.74, 6) is 0.547. The molecule has 2 N–H and O–H groups in total. The molecule has 0 saturated heterocycles. The van der Waals surface area contributed by atoms with Crippen LogP contribution in [0.3, 0.4) is 0 Å². The van der Waals surface area contributed by atoms with Gasteiger partial charge in [0.25, 0.3) is 0 Å². The van der Waals surface area contributed by atoms with Gasteiger partial charge in [-0.25, -0.2) is 4.79 Å². The molecule has 1 saturated carbocycles. The second kappa shape index (κ2) is 5.42. The average Bonchev–Trinajstić information content (AvgIpc) is 2.32. The quantitative estimate of drug-likeness (QED) is 0.644. The Hall–Kier alpha value is -1.51. The fourth-order valence-corrected chi connectivity index (χ4v) is 2.48. The van der Waals surface area contributed by atoms with Crippen LogP contribution in [0.5, 0.6) is 0 Å². The molecular weight excluding hydrogens is 226 g/mol. The van der Waals surface area contributed by atoms with Crippen LogP contribution in [0.4, 0.5) is 5.69 Å². The molecule has 18 heavy (non-hydrogen) atoms. The van der Waals surface area contributed by atoms with Gasteiger partial charge in [-0.15, -0.1) is 0 Å². The van der Waals surface area contributed by atoms with E-state index in [1.807, 2.05) is 6.92 Å². The summed E-state index contributed by atoms with van der Waals surface area (Å²) >= 11 is 0. The highest BCUT2D eigenvalue weighted by Crippen LogP contribution is 2.26. The lowest BCUT2D eigenvalue weighted by atomic mass is 9.89. The van der Waals surface area contributed by atoms with Crippen molar-refractivity contribution in [2.45, 2.75) is 45.6 Å². The van der Waals surface area contributed by atoms with Gasteiger partial charge in [-0.3, -0.25) is 0 Å². The first kappa shape index (κ1) is 12.9. The Morgan fingerprint density at radius 2 is 1.94 bits per heavy atom. The number of carbonyl (C=O) groups excluding carboxylic acids is 1. The van der Waals surface area contributed by atoms with Crippen molar-refractivity contribution in [3.63, 3.8) is 0 Å². The van der Waals surface area contributed by atoms with E-state index in [9.17, 15) is 4.79 Å². The summed E-state index contributed by atoms with van der Waals surface area (Å²) in [6.45, 7) is 4.14. The molecule has 0 aromatic heterocycles. The normalized spacial score (nSPS) is 23.7. The van der Waals surface area contributed by atoms with Crippen molar-refractivity contribution in [3.05, 3.63) is 29.3 Å². The maximum absolute atomic E-state index is 12.1. The predicted octanol–water partition coefficient (Wildman–Crippen LogP) is 3.31. The summed E-state index contributed by atoms with van der Waals surface area (Å²) in [6, 6.07) is 5.30. The number of aryl methyl sites for hydroxylation is 1. The lowest BCUT2D eigenvalue weighted by Crippen LogP contribution is -2.24. The predicted molar refractivity (Wildman–Crippen MR) is 72.4 cm³/mol. The number of benzene rings is 1. The molecule has 0 spiro atoms. The number of nitrogens with two attached hydrogens (primary N) is 1. The Bertz CT molecular complexity index is 434. The Morgan fingerprint density at radius 3 is 2.56 bits per heavy atom. The Kier molecular flexibility index (Phi) is 3.90. The van der Waals surface area contributed by atoms with Crippen LogP contribution >= 0.6 is 0 Å². The Labute approximate surface area is 108 Å². The van der Waals surface area contributed by atoms with Crippen LogP contribution in [-0.4, -0.2) is 12.1 Å². The van der Waals surface area contributed by atoms with Gasteiger partial charge in [0.05, 0.1) is 5.56 Å². The molecule has 3 nitrogen and oxygen atoms in total. The van der Waals surface area contributed by atoms with Crippen molar-refractivity contribution in [1.82, 2.24) is 0 Å². The molecule has 1 fully saturated rings. The molecular formula is C15H21NO2. The molecule has 98 valence electrons. The van der Waals surface area contributed by atoms with E-state index in [1.54, 1.807) is 18.2 Å².